The molecule has 0 saturated carbocycles. The first-order valence-corrected chi connectivity index (χ1v) is 6.35. The highest BCUT2D eigenvalue weighted by Gasteiger charge is 2.19. The maximum Gasteiger partial charge on any atom is 0.315 e. The fourth-order valence-electron chi connectivity index (χ4n) is 1.96. The van der Waals surface area contributed by atoms with Crippen LogP contribution in [-0.4, -0.2) is 21.2 Å². The molecule has 7 heteroatoms. The Hall–Kier alpha value is -2.57. The molecule has 0 atom stereocenters. The zero-order valence-electron chi connectivity index (χ0n) is 11.5. The molecule has 0 fully saturated rings. The number of aryl methyl sites for hydroxylation is 1. The molecule has 1 aromatic heterocycles. The summed E-state index contributed by atoms with van der Waals surface area (Å²) in [5.74, 6) is 0. The van der Waals surface area contributed by atoms with E-state index in [1.807, 2.05) is 26.2 Å². The largest absolute Gasteiger partial charge is 0.380 e. The first kappa shape index (κ1) is 13.9. The molecule has 2 aromatic rings. The van der Waals surface area contributed by atoms with Gasteiger partial charge in [0.05, 0.1) is 17.2 Å². The van der Waals surface area contributed by atoms with Crippen molar-refractivity contribution in [2.45, 2.75) is 13.5 Å². The Bertz CT molecular complexity index is 609. The first-order chi connectivity index (χ1) is 9.61. The summed E-state index contributed by atoms with van der Waals surface area (Å²) in [4.78, 5) is 10.9. The number of nitrogens with one attached hydrogen (secondary N) is 2. The Kier molecular flexibility index (Phi) is 4.19. The number of rotatable bonds is 6. The number of benzene rings is 1. The molecule has 0 spiro atoms. The van der Waals surface area contributed by atoms with Crippen molar-refractivity contribution < 1.29 is 4.92 Å². The van der Waals surface area contributed by atoms with Crippen molar-refractivity contribution in [1.29, 1.82) is 0 Å². The van der Waals surface area contributed by atoms with Gasteiger partial charge >= 0.3 is 5.69 Å². The van der Waals surface area contributed by atoms with Crippen LogP contribution in [0.5, 0.6) is 0 Å². The second-order valence-corrected chi connectivity index (χ2v) is 4.32. The summed E-state index contributed by atoms with van der Waals surface area (Å²) in [5, 5.41) is 21.5. The summed E-state index contributed by atoms with van der Waals surface area (Å²) in [7, 11) is 1.83. The molecule has 2 N–H and O–H groups in total. The average Bonchev–Trinajstić information content (AvgIpc) is 2.82. The zero-order valence-corrected chi connectivity index (χ0v) is 11.5. The van der Waals surface area contributed by atoms with Crippen LogP contribution in [0.1, 0.15) is 12.6 Å². The highest BCUT2D eigenvalue weighted by Crippen LogP contribution is 2.32. The maximum atomic E-state index is 11.2. The molecule has 0 aliphatic carbocycles. The predicted molar refractivity (Wildman–Crippen MR) is 77.8 cm³/mol. The van der Waals surface area contributed by atoms with Gasteiger partial charge in [-0.25, -0.2) is 0 Å². The zero-order chi connectivity index (χ0) is 14.5. The lowest BCUT2D eigenvalue weighted by Crippen LogP contribution is -2.07. The van der Waals surface area contributed by atoms with Crippen LogP contribution in [0.25, 0.3) is 0 Å². The summed E-state index contributed by atoms with van der Waals surface area (Å²) >= 11 is 0. The van der Waals surface area contributed by atoms with Gasteiger partial charge in [-0.05, 0) is 25.1 Å². The van der Waals surface area contributed by atoms with E-state index >= 15 is 0 Å². The van der Waals surface area contributed by atoms with E-state index in [4.69, 9.17) is 0 Å². The lowest BCUT2D eigenvalue weighted by Gasteiger charge is -2.10. The fraction of sp³-hybridized carbons (Fsp3) is 0.308. The van der Waals surface area contributed by atoms with Crippen molar-refractivity contribution in [1.82, 2.24) is 9.78 Å². The highest BCUT2D eigenvalue weighted by molar-refractivity contribution is 5.76. The lowest BCUT2D eigenvalue weighted by atomic mass is 10.2. The standard InChI is InChI=1S/C13H17N5O2/c1-3-14-11-5-4-6-12(13(11)18(19)20)15-9-10-7-8-17(2)16-10/h4-8,14-15H,3,9H2,1-2H3. The third kappa shape index (κ3) is 3.05. The highest BCUT2D eigenvalue weighted by atomic mass is 16.6. The molecule has 0 radical (unpaired) electrons. The van der Waals surface area contributed by atoms with Gasteiger partial charge in [0.2, 0.25) is 0 Å². The van der Waals surface area contributed by atoms with Gasteiger partial charge in [0, 0.05) is 19.8 Å². The lowest BCUT2D eigenvalue weighted by molar-refractivity contribution is -0.383. The molecule has 1 heterocycles. The molecular formula is C13H17N5O2. The molecule has 0 bridgehead atoms. The molecule has 2 rings (SSSR count). The van der Waals surface area contributed by atoms with E-state index in [1.54, 1.807) is 22.9 Å². The van der Waals surface area contributed by atoms with Gasteiger partial charge in [-0.15, -0.1) is 0 Å². The number of anilines is 2. The van der Waals surface area contributed by atoms with Crippen molar-refractivity contribution in [2.24, 2.45) is 7.05 Å². The summed E-state index contributed by atoms with van der Waals surface area (Å²) in [6.45, 7) is 2.97. The minimum absolute atomic E-state index is 0.0604. The Morgan fingerprint density at radius 1 is 1.30 bits per heavy atom. The quantitative estimate of drug-likeness (QED) is 0.624. The number of aromatic nitrogens is 2. The SMILES string of the molecule is CCNc1cccc(NCc2ccn(C)n2)c1[N+](=O)[O-]. The van der Waals surface area contributed by atoms with Crippen LogP contribution in [0, 0.1) is 10.1 Å². The maximum absolute atomic E-state index is 11.2. The molecule has 7 nitrogen and oxygen atoms in total. The van der Waals surface area contributed by atoms with Gasteiger partial charge < -0.3 is 10.6 Å². The number of hydrogen-bond acceptors (Lipinski definition) is 5. The van der Waals surface area contributed by atoms with Crippen LogP contribution in [0.4, 0.5) is 17.1 Å². The van der Waals surface area contributed by atoms with Crippen molar-refractivity contribution in [3.63, 3.8) is 0 Å². The van der Waals surface area contributed by atoms with Crippen molar-refractivity contribution in [3.05, 3.63) is 46.3 Å². The van der Waals surface area contributed by atoms with Gasteiger partial charge in [0.25, 0.3) is 0 Å². The van der Waals surface area contributed by atoms with E-state index in [0.29, 0.717) is 24.5 Å². The molecule has 0 unspecified atom stereocenters. The Balaban J connectivity index is 2.22. The van der Waals surface area contributed by atoms with Gasteiger partial charge in [0.1, 0.15) is 11.4 Å². The van der Waals surface area contributed by atoms with Gasteiger partial charge in [-0.1, -0.05) is 6.07 Å². The number of hydrogen-bond donors (Lipinski definition) is 2. The second kappa shape index (κ2) is 6.05. The Labute approximate surface area is 116 Å². The Morgan fingerprint density at radius 2 is 2.00 bits per heavy atom. The van der Waals surface area contributed by atoms with E-state index in [1.165, 1.54) is 0 Å². The van der Waals surface area contributed by atoms with E-state index in [0.717, 1.165) is 5.69 Å². The summed E-state index contributed by atoms with van der Waals surface area (Å²) < 4.78 is 1.69. The topological polar surface area (TPSA) is 85.0 Å². The molecule has 106 valence electrons. The molecule has 0 amide bonds. The normalized spacial score (nSPS) is 10.3. The van der Waals surface area contributed by atoms with Crippen LogP contribution in [-0.2, 0) is 13.6 Å². The number of para-hydroxylation sites is 1. The third-order valence-electron chi connectivity index (χ3n) is 2.81. The number of nitro benzene ring substituents is 1. The summed E-state index contributed by atoms with van der Waals surface area (Å²) in [5.41, 5.74) is 1.89. The molecule has 0 aliphatic heterocycles. The van der Waals surface area contributed by atoms with Crippen molar-refractivity contribution in [2.75, 3.05) is 17.2 Å². The van der Waals surface area contributed by atoms with Crippen LogP contribution < -0.4 is 10.6 Å². The minimum Gasteiger partial charge on any atom is -0.380 e. The molecule has 1 aromatic carbocycles. The summed E-state index contributed by atoms with van der Waals surface area (Å²) in [6, 6.07) is 7.05. The second-order valence-electron chi connectivity index (χ2n) is 4.32. The van der Waals surface area contributed by atoms with Gasteiger partial charge in [-0.3, -0.25) is 14.8 Å². The summed E-state index contributed by atoms with van der Waals surface area (Å²) in [6.07, 6.45) is 1.83. The van der Waals surface area contributed by atoms with Crippen LogP contribution in [0.3, 0.4) is 0 Å². The molecule has 0 aliphatic rings. The van der Waals surface area contributed by atoms with Crippen LogP contribution in [0.2, 0.25) is 0 Å². The van der Waals surface area contributed by atoms with Crippen LogP contribution in [0.15, 0.2) is 30.5 Å². The predicted octanol–water partition coefficient (Wildman–Crippen LogP) is 2.37. The van der Waals surface area contributed by atoms with E-state index < -0.39 is 0 Å². The van der Waals surface area contributed by atoms with Gasteiger partial charge in [-0.2, -0.15) is 5.10 Å². The van der Waals surface area contributed by atoms with E-state index in [9.17, 15) is 10.1 Å². The number of nitro groups is 1. The third-order valence-corrected chi connectivity index (χ3v) is 2.81. The fourth-order valence-corrected chi connectivity index (χ4v) is 1.96. The van der Waals surface area contributed by atoms with E-state index in [-0.39, 0.29) is 10.6 Å². The molecular weight excluding hydrogens is 258 g/mol. The smallest absolute Gasteiger partial charge is 0.315 e. The molecule has 20 heavy (non-hydrogen) atoms. The monoisotopic (exact) mass is 275 g/mol. The van der Waals surface area contributed by atoms with Gasteiger partial charge in [0.15, 0.2) is 0 Å². The average molecular weight is 275 g/mol. The van der Waals surface area contributed by atoms with E-state index in [2.05, 4.69) is 15.7 Å². The van der Waals surface area contributed by atoms with Crippen molar-refractivity contribution in [3.8, 4) is 0 Å². The Morgan fingerprint density at radius 3 is 2.55 bits per heavy atom. The molecule has 0 saturated heterocycles. The van der Waals surface area contributed by atoms with Crippen LogP contribution >= 0.6 is 0 Å². The minimum atomic E-state index is -0.376. The number of nitrogens with zero attached hydrogens (tertiary/aromatic N) is 3. The first-order valence-electron chi connectivity index (χ1n) is 6.35. The van der Waals surface area contributed by atoms with Crippen molar-refractivity contribution >= 4 is 17.1 Å².